The van der Waals surface area contributed by atoms with Crippen molar-refractivity contribution in [3.05, 3.63) is 95.1 Å². The largest absolute Gasteiger partial charge is 0.491 e. The van der Waals surface area contributed by atoms with Gasteiger partial charge in [-0.15, -0.1) is 11.3 Å². The van der Waals surface area contributed by atoms with Crippen LogP contribution in [0.5, 0.6) is 5.75 Å². The van der Waals surface area contributed by atoms with Gasteiger partial charge in [-0.25, -0.2) is 18.4 Å². The smallest absolute Gasteiger partial charge is 0.330 e. The fourth-order valence-electron chi connectivity index (χ4n) is 5.68. The molecule has 0 fully saturated rings. The quantitative estimate of drug-likeness (QED) is 0.120. The Morgan fingerprint density at radius 3 is 2.33 bits per heavy atom. The van der Waals surface area contributed by atoms with Gasteiger partial charge in [0.15, 0.2) is 0 Å². The molecule has 5 rings (SSSR count). The maximum atomic E-state index is 15.1. The van der Waals surface area contributed by atoms with E-state index in [-0.39, 0.29) is 37.0 Å². The molecule has 0 unspecified atom stereocenters. The van der Waals surface area contributed by atoms with Gasteiger partial charge in [0.25, 0.3) is 0 Å². The van der Waals surface area contributed by atoms with Gasteiger partial charge in [0.05, 0.1) is 19.7 Å². The first-order chi connectivity index (χ1) is 24.6. The maximum Gasteiger partial charge on any atom is 0.330 e. The molecule has 1 aliphatic rings. The number of amides is 5. The molecule has 0 bridgehead atoms. The van der Waals surface area contributed by atoms with Gasteiger partial charge < -0.3 is 30.3 Å². The van der Waals surface area contributed by atoms with Gasteiger partial charge in [0.2, 0.25) is 5.91 Å². The van der Waals surface area contributed by atoms with Crippen molar-refractivity contribution >= 4 is 45.7 Å². The predicted octanol–water partition coefficient (Wildman–Crippen LogP) is 6.57. The van der Waals surface area contributed by atoms with E-state index in [0.717, 1.165) is 21.6 Å². The molecule has 4 aromatic rings. The maximum absolute atomic E-state index is 15.1. The Morgan fingerprint density at radius 2 is 1.69 bits per heavy atom. The first-order valence-corrected chi connectivity index (χ1v) is 17.4. The molecule has 0 radical (unpaired) electrons. The van der Waals surface area contributed by atoms with Crippen molar-refractivity contribution < 1.29 is 32.6 Å². The van der Waals surface area contributed by atoms with Crippen LogP contribution in [0.4, 0.5) is 34.7 Å². The average Bonchev–Trinajstić information content (AvgIpc) is 3.47. The van der Waals surface area contributed by atoms with Crippen LogP contribution in [0.2, 0.25) is 0 Å². The van der Waals surface area contributed by atoms with Crippen LogP contribution >= 0.6 is 11.3 Å². The Labute approximate surface area is 300 Å². The second kappa shape index (κ2) is 17.2. The molecular formula is C37H42F2N6O5S. The number of nitrogens with zero attached hydrogens (tertiary/aromatic N) is 3. The second-order valence-electron chi connectivity index (χ2n) is 11.9. The number of halogens is 2. The highest BCUT2D eigenvalue weighted by molar-refractivity contribution is 7.20. The molecule has 0 saturated heterocycles. The van der Waals surface area contributed by atoms with Gasteiger partial charge in [0, 0.05) is 67.6 Å². The molecule has 3 aromatic carbocycles. The van der Waals surface area contributed by atoms with Crippen LogP contribution in [0.15, 0.2) is 66.7 Å². The lowest BCUT2D eigenvalue weighted by molar-refractivity contribution is -0.120. The molecule has 0 atom stereocenters. The number of hydrogen-bond donors (Lipinski definition) is 3. The van der Waals surface area contributed by atoms with Crippen LogP contribution in [-0.4, -0.2) is 70.4 Å². The molecule has 3 N–H and O–H groups in total. The van der Waals surface area contributed by atoms with E-state index in [2.05, 4.69) is 16.0 Å². The summed E-state index contributed by atoms with van der Waals surface area (Å²) < 4.78 is 41.0. The summed E-state index contributed by atoms with van der Waals surface area (Å²) in [6, 6.07) is 17.3. The Balaban J connectivity index is 1.59. The summed E-state index contributed by atoms with van der Waals surface area (Å²) in [5.74, 6) is -0.984. The zero-order chi connectivity index (χ0) is 36.5. The molecule has 1 aliphatic heterocycles. The van der Waals surface area contributed by atoms with Crippen LogP contribution in [0.3, 0.4) is 0 Å². The number of methoxy groups -OCH3 is 1. The summed E-state index contributed by atoms with van der Waals surface area (Å²) >= 11 is 1.36. The van der Waals surface area contributed by atoms with Crippen LogP contribution in [-0.2, 0) is 29.2 Å². The normalized spacial score (nSPS) is 12.6. The van der Waals surface area contributed by atoms with Crippen LogP contribution in [0.25, 0.3) is 10.4 Å². The molecule has 5 amide bonds. The van der Waals surface area contributed by atoms with Gasteiger partial charge >= 0.3 is 12.1 Å². The molecule has 0 saturated carbocycles. The summed E-state index contributed by atoms with van der Waals surface area (Å²) in [5.41, 5.74) is 3.52. The molecule has 51 heavy (non-hydrogen) atoms. The monoisotopic (exact) mass is 720 g/mol. The van der Waals surface area contributed by atoms with Gasteiger partial charge in [0.1, 0.15) is 29.0 Å². The molecule has 0 spiro atoms. The third kappa shape index (κ3) is 9.01. The molecular weight excluding hydrogens is 679 g/mol. The Morgan fingerprint density at radius 1 is 0.980 bits per heavy atom. The lowest BCUT2D eigenvalue weighted by atomic mass is 10.0. The summed E-state index contributed by atoms with van der Waals surface area (Å²) in [6.45, 7) is 3.85. The number of ether oxygens (including phenoxy) is 2. The summed E-state index contributed by atoms with van der Waals surface area (Å²) in [4.78, 5) is 44.5. The van der Waals surface area contributed by atoms with Crippen molar-refractivity contribution in [2.75, 3.05) is 62.6 Å². The van der Waals surface area contributed by atoms with Gasteiger partial charge in [-0.3, -0.25) is 14.6 Å². The Bertz CT molecular complexity index is 1820. The van der Waals surface area contributed by atoms with Crippen molar-refractivity contribution in [1.29, 1.82) is 0 Å². The minimum atomic E-state index is -0.750. The zero-order valence-corrected chi connectivity index (χ0v) is 29.9. The standard InChI is InChI=1S/C37H42F2N6O5S/c1-5-41-36(47)42-25-11-9-24(10-12-25)34-28(21-43(3)18-17-33(46)40-2)29-22-44(26-13-15-27(16-14-26)50-20-19-49-4)37(48)45(35(29)51-34)23-30-31(38)7-6-8-32(30)39/h6-16H,5,17-23H2,1-4H3,(H,40,46)(H2,41,42,47). The number of benzene rings is 3. The number of rotatable bonds is 15. The summed E-state index contributed by atoms with van der Waals surface area (Å²) in [7, 11) is 5.10. The third-order valence-electron chi connectivity index (χ3n) is 8.37. The summed E-state index contributed by atoms with van der Waals surface area (Å²) in [5, 5.41) is 8.74. The van der Waals surface area contributed by atoms with Crippen LogP contribution in [0.1, 0.15) is 30.0 Å². The van der Waals surface area contributed by atoms with Crippen molar-refractivity contribution in [1.82, 2.24) is 15.5 Å². The van der Waals surface area contributed by atoms with E-state index in [0.29, 0.717) is 55.0 Å². The highest BCUT2D eigenvalue weighted by Gasteiger charge is 2.37. The van der Waals surface area contributed by atoms with E-state index >= 15 is 8.78 Å². The second-order valence-corrected chi connectivity index (χ2v) is 12.9. The van der Waals surface area contributed by atoms with E-state index < -0.39 is 17.7 Å². The number of thiophene rings is 1. The summed E-state index contributed by atoms with van der Waals surface area (Å²) in [6.07, 6.45) is 0.289. The number of hydrogen-bond acceptors (Lipinski definition) is 7. The fourth-order valence-corrected chi connectivity index (χ4v) is 7.00. The Kier molecular flexibility index (Phi) is 12.6. The van der Waals surface area contributed by atoms with E-state index in [4.69, 9.17) is 9.47 Å². The first kappa shape index (κ1) is 37.2. The number of carbonyl (C=O) groups excluding carboxylic acids is 3. The van der Waals surface area contributed by atoms with Gasteiger partial charge in [-0.2, -0.15) is 0 Å². The van der Waals surface area contributed by atoms with Crippen molar-refractivity contribution in [2.45, 2.75) is 33.0 Å². The van der Waals surface area contributed by atoms with Crippen LogP contribution < -0.4 is 30.5 Å². The third-order valence-corrected chi connectivity index (χ3v) is 9.72. The van der Waals surface area contributed by atoms with Crippen LogP contribution in [0, 0.1) is 11.6 Å². The van der Waals surface area contributed by atoms with E-state index in [1.54, 1.807) is 55.5 Å². The predicted molar refractivity (Wildman–Crippen MR) is 195 cm³/mol. The Hall–Kier alpha value is -5.05. The number of nitrogens with one attached hydrogen (secondary N) is 3. The highest BCUT2D eigenvalue weighted by atomic mass is 32.1. The van der Waals surface area contributed by atoms with E-state index in [1.165, 1.54) is 34.4 Å². The van der Waals surface area contributed by atoms with Gasteiger partial charge in [-0.05, 0) is 73.6 Å². The SMILES string of the molecule is CCNC(=O)Nc1ccc(-c2sc3c(c2CN(C)CCC(=O)NC)CN(c2ccc(OCCOC)cc2)C(=O)N3Cc2c(F)cccc2F)cc1. The zero-order valence-electron chi connectivity index (χ0n) is 29.1. The average molecular weight is 721 g/mol. The molecule has 270 valence electrons. The molecule has 14 heteroatoms. The number of carbonyl (C=O) groups is 3. The molecule has 1 aromatic heterocycles. The minimum Gasteiger partial charge on any atom is -0.491 e. The van der Waals surface area contributed by atoms with Crippen molar-refractivity contribution in [3.8, 4) is 16.2 Å². The number of fused-ring (bicyclic) bond motifs is 1. The van der Waals surface area contributed by atoms with E-state index in [9.17, 15) is 14.4 Å². The van der Waals surface area contributed by atoms with Crippen molar-refractivity contribution in [2.24, 2.45) is 0 Å². The van der Waals surface area contributed by atoms with Gasteiger partial charge in [-0.1, -0.05) is 18.2 Å². The number of anilines is 3. The lowest BCUT2D eigenvalue weighted by Gasteiger charge is -2.36. The number of urea groups is 2. The molecule has 2 heterocycles. The van der Waals surface area contributed by atoms with Crippen molar-refractivity contribution in [3.63, 3.8) is 0 Å². The highest BCUT2D eigenvalue weighted by Crippen LogP contribution is 2.47. The van der Waals surface area contributed by atoms with E-state index in [1.807, 2.05) is 31.0 Å². The fraction of sp³-hybridized carbons (Fsp3) is 0.324. The molecule has 0 aliphatic carbocycles. The lowest BCUT2D eigenvalue weighted by Crippen LogP contribution is -2.47. The first-order valence-electron chi connectivity index (χ1n) is 16.6. The molecule has 11 nitrogen and oxygen atoms in total. The topological polar surface area (TPSA) is 115 Å². The minimum absolute atomic E-state index is 0.0888.